The van der Waals surface area contributed by atoms with Crippen LogP contribution in [0.3, 0.4) is 0 Å². The molecule has 30 heavy (non-hydrogen) atoms. The van der Waals surface area contributed by atoms with Gasteiger partial charge in [-0.1, -0.05) is 26.2 Å². The molecule has 1 N–H and O–H groups in total. The van der Waals surface area contributed by atoms with E-state index in [1.165, 1.54) is 6.92 Å². The molecule has 1 fully saturated rings. The van der Waals surface area contributed by atoms with Crippen molar-refractivity contribution in [2.24, 2.45) is 5.92 Å². The molecular weight excluding hydrogens is 447 g/mol. The smallest absolute Gasteiger partial charge is 0.461 e. The van der Waals surface area contributed by atoms with Crippen LogP contribution in [0.25, 0.3) is 0 Å². The Morgan fingerprint density at radius 1 is 1.03 bits per heavy atom. The fraction of sp³-hybridized carbons (Fsp3) is 0.875. The van der Waals surface area contributed by atoms with Crippen LogP contribution in [0.5, 0.6) is 0 Å². The van der Waals surface area contributed by atoms with Gasteiger partial charge in [0.15, 0.2) is 0 Å². The molecule has 1 rings (SSSR count). The Morgan fingerprint density at radius 3 is 2.07 bits per heavy atom. The minimum atomic E-state index is -5.95. The van der Waals surface area contributed by atoms with E-state index in [2.05, 4.69) is 14.2 Å². The SMILES string of the molecule is CCCOC(=O)C(OCCC(F)(F)S(=O)(=O)O)(OC(=O)C1CCCCC1)C(F)(F)F. The first-order chi connectivity index (χ1) is 13.7. The van der Waals surface area contributed by atoms with Gasteiger partial charge in [-0.3, -0.25) is 9.35 Å². The highest BCUT2D eigenvalue weighted by molar-refractivity contribution is 7.86. The zero-order chi connectivity index (χ0) is 23.2. The molecule has 1 atom stereocenters. The van der Waals surface area contributed by atoms with Crippen molar-refractivity contribution >= 4 is 22.1 Å². The molecule has 1 saturated carbocycles. The van der Waals surface area contributed by atoms with Crippen molar-refractivity contribution in [1.29, 1.82) is 0 Å². The van der Waals surface area contributed by atoms with Crippen LogP contribution in [0.15, 0.2) is 0 Å². The molecule has 0 heterocycles. The van der Waals surface area contributed by atoms with Crippen LogP contribution in [0, 0.1) is 5.92 Å². The van der Waals surface area contributed by atoms with Crippen LogP contribution < -0.4 is 0 Å². The van der Waals surface area contributed by atoms with Gasteiger partial charge >= 0.3 is 39.3 Å². The minimum absolute atomic E-state index is 0.0943. The number of carbonyl (C=O) groups is 2. The van der Waals surface area contributed by atoms with Gasteiger partial charge in [0.05, 0.1) is 25.6 Å². The van der Waals surface area contributed by atoms with Gasteiger partial charge in [-0.15, -0.1) is 0 Å². The maximum atomic E-state index is 13.8. The van der Waals surface area contributed by atoms with Gasteiger partial charge in [0.25, 0.3) is 0 Å². The maximum Gasteiger partial charge on any atom is 0.468 e. The molecule has 1 unspecified atom stereocenters. The van der Waals surface area contributed by atoms with Gasteiger partial charge in [-0.05, 0) is 19.3 Å². The molecule has 8 nitrogen and oxygen atoms in total. The van der Waals surface area contributed by atoms with Crippen LogP contribution in [0.4, 0.5) is 22.0 Å². The van der Waals surface area contributed by atoms with E-state index >= 15 is 0 Å². The summed E-state index contributed by atoms with van der Waals surface area (Å²) < 4.78 is 111. The summed E-state index contributed by atoms with van der Waals surface area (Å²) in [6.45, 7) is -0.752. The van der Waals surface area contributed by atoms with Crippen molar-refractivity contribution in [3.8, 4) is 0 Å². The van der Waals surface area contributed by atoms with Crippen molar-refractivity contribution in [2.45, 2.75) is 69.1 Å². The molecule has 1 aliphatic rings. The average Bonchev–Trinajstić information content (AvgIpc) is 2.63. The lowest BCUT2D eigenvalue weighted by Gasteiger charge is -2.34. The molecule has 0 aromatic rings. The Hall–Kier alpha value is -1.54. The fourth-order valence-corrected chi connectivity index (χ4v) is 3.02. The highest BCUT2D eigenvalue weighted by Gasteiger charge is 2.68. The predicted octanol–water partition coefficient (Wildman–Crippen LogP) is 3.21. The van der Waals surface area contributed by atoms with Crippen molar-refractivity contribution in [2.75, 3.05) is 13.2 Å². The highest BCUT2D eigenvalue weighted by atomic mass is 32.2. The second-order valence-corrected chi connectivity index (χ2v) is 8.26. The molecule has 1 aliphatic carbocycles. The number of esters is 2. The van der Waals surface area contributed by atoms with Gasteiger partial charge in [0, 0.05) is 0 Å². The van der Waals surface area contributed by atoms with Crippen molar-refractivity contribution in [3.05, 3.63) is 0 Å². The number of hydrogen-bond donors (Lipinski definition) is 1. The van der Waals surface area contributed by atoms with Gasteiger partial charge in [0.1, 0.15) is 0 Å². The number of rotatable bonds is 10. The van der Waals surface area contributed by atoms with Crippen molar-refractivity contribution in [3.63, 3.8) is 0 Å². The Balaban J connectivity index is 3.16. The molecule has 0 radical (unpaired) electrons. The Kier molecular flexibility index (Phi) is 8.99. The average molecular weight is 470 g/mol. The lowest BCUT2D eigenvalue weighted by molar-refractivity contribution is -0.357. The first-order valence-corrected chi connectivity index (χ1v) is 10.6. The quantitative estimate of drug-likeness (QED) is 0.224. The summed E-state index contributed by atoms with van der Waals surface area (Å²) in [5.74, 6) is -8.91. The van der Waals surface area contributed by atoms with E-state index in [0.717, 1.165) is 6.42 Å². The molecule has 14 heteroatoms. The lowest BCUT2D eigenvalue weighted by Crippen LogP contribution is -2.59. The molecule has 0 bridgehead atoms. The second-order valence-electron chi connectivity index (χ2n) is 6.72. The van der Waals surface area contributed by atoms with Gasteiger partial charge in [-0.25, -0.2) is 4.79 Å². The first-order valence-electron chi connectivity index (χ1n) is 9.13. The largest absolute Gasteiger partial charge is 0.468 e. The molecule has 176 valence electrons. The van der Waals surface area contributed by atoms with Crippen molar-refractivity contribution < 1.29 is 58.7 Å². The van der Waals surface area contributed by atoms with E-state index in [9.17, 15) is 40.0 Å². The van der Waals surface area contributed by atoms with Crippen LogP contribution in [-0.2, 0) is 33.9 Å². The van der Waals surface area contributed by atoms with Crippen LogP contribution in [-0.4, -0.2) is 55.3 Å². The van der Waals surface area contributed by atoms with E-state index in [-0.39, 0.29) is 19.3 Å². The van der Waals surface area contributed by atoms with Crippen LogP contribution in [0.1, 0.15) is 51.9 Å². The Labute approximate surface area is 169 Å². The molecule has 0 amide bonds. The summed E-state index contributed by atoms with van der Waals surface area (Å²) in [6, 6.07) is 0. The van der Waals surface area contributed by atoms with E-state index in [1.54, 1.807) is 0 Å². The Morgan fingerprint density at radius 2 is 1.60 bits per heavy atom. The third kappa shape index (κ3) is 6.48. The summed E-state index contributed by atoms with van der Waals surface area (Å²) in [6.07, 6.45) is -5.32. The molecule has 0 saturated heterocycles. The highest BCUT2D eigenvalue weighted by Crippen LogP contribution is 2.39. The third-order valence-corrected chi connectivity index (χ3v) is 5.30. The molecule has 0 aromatic heterocycles. The minimum Gasteiger partial charge on any atom is -0.461 e. The molecule has 0 aromatic carbocycles. The van der Waals surface area contributed by atoms with Gasteiger partial charge in [-0.2, -0.15) is 30.4 Å². The zero-order valence-corrected chi connectivity index (χ0v) is 16.9. The lowest BCUT2D eigenvalue weighted by atomic mass is 9.89. The van der Waals surface area contributed by atoms with Crippen LogP contribution in [0.2, 0.25) is 0 Å². The fourth-order valence-electron chi connectivity index (χ4n) is 2.68. The second kappa shape index (κ2) is 10.2. The number of hydrogen-bond acceptors (Lipinski definition) is 7. The summed E-state index contributed by atoms with van der Waals surface area (Å²) >= 11 is 0. The summed E-state index contributed by atoms with van der Waals surface area (Å²) in [5.41, 5.74) is 0. The number of carbonyl (C=O) groups excluding carboxylic acids is 2. The van der Waals surface area contributed by atoms with Crippen molar-refractivity contribution in [1.82, 2.24) is 0 Å². The molecule has 0 spiro atoms. The summed E-state index contributed by atoms with van der Waals surface area (Å²) in [7, 11) is -5.95. The van der Waals surface area contributed by atoms with E-state index in [1.807, 2.05) is 0 Å². The predicted molar refractivity (Wildman–Crippen MR) is 89.8 cm³/mol. The third-order valence-electron chi connectivity index (χ3n) is 4.34. The zero-order valence-electron chi connectivity index (χ0n) is 16.0. The maximum absolute atomic E-state index is 13.8. The number of halogens is 5. The number of ether oxygens (including phenoxy) is 3. The molecular formula is C16H23F5O8S. The molecule has 0 aliphatic heterocycles. The standard InChI is InChI=1S/C16H23F5O8S/c1-2-9-27-13(23)15(16(19,20)21,28-10-8-14(17,18)30(24,25)26)29-12(22)11-6-4-3-5-7-11/h11H,2-10H2,1H3,(H,24,25,26). The van der Waals surface area contributed by atoms with E-state index in [4.69, 9.17) is 4.55 Å². The van der Waals surface area contributed by atoms with Gasteiger partial charge < -0.3 is 14.2 Å². The Bertz CT molecular complexity index is 703. The number of alkyl halides is 5. The van der Waals surface area contributed by atoms with E-state index in [0.29, 0.717) is 12.8 Å². The normalized spacial score (nSPS) is 18.5. The van der Waals surface area contributed by atoms with E-state index < -0.39 is 64.8 Å². The van der Waals surface area contributed by atoms with Crippen LogP contribution >= 0.6 is 0 Å². The topological polar surface area (TPSA) is 116 Å². The van der Waals surface area contributed by atoms with Gasteiger partial charge in [0.2, 0.25) is 0 Å². The monoisotopic (exact) mass is 470 g/mol. The first kappa shape index (κ1) is 26.5. The summed E-state index contributed by atoms with van der Waals surface area (Å²) in [4.78, 5) is 24.4. The summed E-state index contributed by atoms with van der Waals surface area (Å²) in [5, 5.41) is -4.86.